The summed E-state index contributed by atoms with van der Waals surface area (Å²) in [4.78, 5) is 14.4. The molecule has 7 heteroatoms. The van der Waals surface area contributed by atoms with Crippen LogP contribution in [0.2, 0.25) is 0 Å². The number of nitro groups is 1. The van der Waals surface area contributed by atoms with Gasteiger partial charge in [-0.05, 0) is 20.8 Å². The molecule has 1 aromatic heterocycles. The molecule has 0 radical (unpaired) electrons. The second-order valence-electron chi connectivity index (χ2n) is 4.50. The molecule has 2 N–H and O–H groups in total. The van der Waals surface area contributed by atoms with Crippen LogP contribution in [0.25, 0.3) is 0 Å². The summed E-state index contributed by atoms with van der Waals surface area (Å²) in [5.74, 6) is 0.342. The second kappa shape index (κ2) is 5.18. The maximum atomic E-state index is 10.9. The Morgan fingerprint density at radius 3 is 2.61 bits per heavy atom. The monoisotopic (exact) mass is 255 g/mol. The number of hydrogen-bond acceptors (Lipinski definition) is 6. The average molecular weight is 255 g/mol. The summed E-state index contributed by atoms with van der Waals surface area (Å²) in [6.07, 6.45) is -0.704. The standard InChI is InChI=1S/C11H17N3O4/c1-7(15)11(2,3)13-10-8(14(16)17)5-6-9(12-10)18-4/h5-7,15H,1-4H3,(H,12,13). The molecule has 1 unspecified atom stereocenters. The molecular weight excluding hydrogens is 238 g/mol. The lowest BCUT2D eigenvalue weighted by atomic mass is 9.99. The zero-order valence-electron chi connectivity index (χ0n) is 10.8. The van der Waals surface area contributed by atoms with Gasteiger partial charge >= 0.3 is 5.69 Å². The van der Waals surface area contributed by atoms with Gasteiger partial charge in [0.15, 0.2) is 0 Å². The third-order valence-corrected chi connectivity index (χ3v) is 2.74. The molecule has 0 amide bonds. The van der Waals surface area contributed by atoms with Gasteiger partial charge in [0.1, 0.15) is 0 Å². The molecule has 0 aliphatic rings. The van der Waals surface area contributed by atoms with Crippen LogP contribution >= 0.6 is 0 Å². The van der Waals surface area contributed by atoms with Crippen LogP contribution in [0.5, 0.6) is 5.88 Å². The number of aliphatic hydroxyl groups is 1. The van der Waals surface area contributed by atoms with E-state index in [1.165, 1.54) is 19.2 Å². The third-order valence-electron chi connectivity index (χ3n) is 2.74. The number of pyridine rings is 1. The Morgan fingerprint density at radius 1 is 1.56 bits per heavy atom. The number of nitrogens with zero attached hydrogens (tertiary/aromatic N) is 2. The number of nitrogens with one attached hydrogen (secondary N) is 1. The van der Waals surface area contributed by atoms with Crippen LogP contribution in [-0.4, -0.2) is 33.8 Å². The summed E-state index contributed by atoms with van der Waals surface area (Å²) in [6.45, 7) is 5.05. The Kier molecular flexibility index (Phi) is 4.07. The molecule has 18 heavy (non-hydrogen) atoms. The van der Waals surface area contributed by atoms with Gasteiger partial charge in [-0.3, -0.25) is 10.1 Å². The number of aliphatic hydroxyl groups excluding tert-OH is 1. The maximum Gasteiger partial charge on any atom is 0.311 e. The molecule has 1 heterocycles. The van der Waals surface area contributed by atoms with Crippen LogP contribution in [0, 0.1) is 10.1 Å². The molecule has 7 nitrogen and oxygen atoms in total. The van der Waals surface area contributed by atoms with Crippen molar-refractivity contribution < 1.29 is 14.8 Å². The van der Waals surface area contributed by atoms with Crippen molar-refractivity contribution in [3.05, 3.63) is 22.2 Å². The molecule has 1 atom stereocenters. The number of aromatic nitrogens is 1. The van der Waals surface area contributed by atoms with E-state index in [-0.39, 0.29) is 17.4 Å². The van der Waals surface area contributed by atoms with Crippen molar-refractivity contribution in [1.29, 1.82) is 0 Å². The molecule has 1 aromatic rings. The minimum absolute atomic E-state index is 0.0743. The fraction of sp³-hybridized carbons (Fsp3) is 0.545. The number of hydrogen-bond donors (Lipinski definition) is 2. The van der Waals surface area contributed by atoms with Crippen LogP contribution in [-0.2, 0) is 0 Å². The fourth-order valence-electron chi connectivity index (χ4n) is 1.20. The van der Waals surface area contributed by atoms with Gasteiger partial charge < -0.3 is 15.2 Å². The van der Waals surface area contributed by atoms with Gasteiger partial charge in [-0.15, -0.1) is 0 Å². The van der Waals surface area contributed by atoms with Crippen molar-refractivity contribution in [3.63, 3.8) is 0 Å². The highest BCUT2D eigenvalue weighted by atomic mass is 16.6. The van der Waals surface area contributed by atoms with E-state index in [9.17, 15) is 15.2 Å². The predicted molar refractivity (Wildman–Crippen MR) is 66.8 cm³/mol. The summed E-state index contributed by atoms with van der Waals surface area (Å²) in [5, 5.41) is 23.4. The quantitative estimate of drug-likeness (QED) is 0.612. The number of ether oxygens (including phenoxy) is 1. The van der Waals surface area contributed by atoms with Crippen molar-refractivity contribution in [3.8, 4) is 5.88 Å². The summed E-state index contributed by atoms with van der Waals surface area (Å²) in [5.41, 5.74) is -0.908. The van der Waals surface area contributed by atoms with Crippen molar-refractivity contribution in [1.82, 2.24) is 4.98 Å². The van der Waals surface area contributed by atoms with Crippen molar-refractivity contribution in [2.45, 2.75) is 32.4 Å². The lowest BCUT2D eigenvalue weighted by Crippen LogP contribution is -2.42. The Hall–Kier alpha value is -1.89. The normalized spacial score (nSPS) is 12.9. The molecule has 0 saturated carbocycles. The molecule has 100 valence electrons. The molecule has 0 saturated heterocycles. The van der Waals surface area contributed by atoms with Gasteiger partial charge in [-0.1, -0.05) is 0 Å². The molecule has 0 bridgehead atoms. The van der Waals surface area contributed by atoms with Crippen LogP contribution in [0.4, 0.5) is 11.5 Å². The molecule has 1 rings (SSSR count). The first kappa shape index (κ1) is 14.2. The predicted octanol–water partition coefficient (Wildman–Crippen LogP) is 1.57. The minimum Gasteiger partial charge on any atom is -0.481 e. The molecule has 0 aromatic carbocycles. The van der Waals surface area contributed by atoms with Gasteiger partial charge in [0, 0.05) is 12.1 Å². The van der Waals surface area contributed by atoms with Gasteiger partial charge in [-0.2, -0.15) is 4.98 Å². The highest BCUT2D eigenvalue weighted by molar-refractivity contribution is 5.58. The Labute approximate surface area is 105 Å². The van der Waals surface area contributed by atoms with Crippen molar-refractivity contribution in [2.24, 2.45) is 0 Å². The SMILES string of the molecule is COc1ccc([N+](=O)[O-])c(NC(C)(C)C(C)O)n1. The first-order chi connectivity index (χ1) is 8.27. The van der Waals surface area contributed by atoms with Crippen LogP contribution in [0.3, 0.4) is 0 Å². The van der Waals surface area contributed by atoms with E-state index in [2.05, 4.69) is 10.3 Å². The molecule has 0 spiro atoms. The maximum absolute atomic E-state index is 10.9. The first-order valence-corrected chi connectivity index (χ1v) is 5.43. The van der Waals surface area contributed by atoms with Crippen LogP contribution in [0.15, 0.2) is 12.1 Å². The smallest absolute Gasteiger partial charge is 0.311 e. The van der Waals surface area contributed by atoms with Gasteiger partial charge in [0.05, 0.1) is 23.7 Å². The number of methoxy groups -OCH3 is 1. The first-order valence-electron chi connectivity index (χ1n) is 5.43. The summed E-state index contributed by atoms with van der Waals surface area (Å²) < 4.78 is 4.93. The third kappa shape index (κ3) is 3.07. The molecule has 0 aliphatic heterocycles. The minimum atomic E-state index is -0.746. The van der Waals surface area contributed by atoms with Crippen molar-refractivity contribution >= 4 is 11.5 Å². The number of rotatable bonds is 5. The Bertz CT molecular complexity index is 446. The average Bonchev–Trinajstić information content (AvgIpc) is 2.27. The van der Waals surface area contributed by atoms with Gasteiger partial charge in [0.2, 0.25) is 11.7 Å². The van der Waals surface area contributed by atoms with E-state index >= 15 is 0 Å². The highest BCUT2D eigenvalue weighted by Crippen LogP contribution is 2.28. The summed E-state index contributed by atoms with van der Waals surface area (Å²) in [7, 11) is 1.43. The molecular formula is C11H17N3O4. The lowest BCUT2D eigenvalue weighted by molar-refractivity contribution is -0.384. The van der Waals surface area contributed by atoms with Crippen LogP contribution < -0.4 is 10.1 Å². The van der Waals surface area contributed by atoms with Gasteiger partial charge in [0.25, 0.3) is 0 Å². The molecule has 0 fully saturated rings. The topological polar surface area (TPSA) is 97.5 Å². The Morgan fingerprint density at radius 2 is 2.17 bits per heavy atom. The fourth-order valence-corrected chi connectivity index (χ4v) is 1.20. The highest BCUT2D eigenvalue weighted by Gasteiger charge is 2.28. The van der Waals surface area contributed by atoms with Crippen molar-refractivity contribution in [2.75, 3.05) is 12.4 Å². The largest absolute Gasteiger partial charge is 0.481 e. The van der Waals surface area contributed by atoms with E-state index in [1.54, 1.807) is 20.8 Å². The van der Waals surface area contributed by atoms with E-state index in [4.69, 9.17) is 4.74 Å². The van der Waals surface area contributed by atoms with E-state index in [0.717, 1.165) is 0 Å². The van der Waals surface area contributed by atoms with E-state index < -0.39 is 16.6 Å². The summed E-state index contributed by atoms with van der Waals surface area (Å²) in [6, 6.07) is 2.73. The zero-order chi connectivity index (χ0) is 13.9. The summed E-state index contributed by atoms with van der Waals surface area (Å²) >= 11 is 0. The van der Waals surface area contributed by atoms with Gasteiger partial charge in [-0.25, -0.2) is 0 Å². The van der Waals surface area contributed by atoms with Crippen LogP contribution in [0.1, 0.15) is 20.8 Å². The lowest BCUT2D eigenvalue weighted by Gasteiger charge is -2.29. The molecule has 0 aliphatic carbocycles. The van der Waals surface area contributed by atoms with E-state index in [1.807, 2.05) is 0 Å². The Balaban J connectivity index is 3.16. The van der Waals surface area contributed by atoms with E-state index in [0.29, 0.717) is 0 Å². The number of anilines is 1. The second-order valence-corrected chi connectivity index (χ2v) is 4.50. The zero-order valence-corrected chi connectivity index (χ0v) is 10.8.